The number of hydrogen-bond donors (Lipinski definition) is 1. The highest BCUT2D eigenvalue weighted by Crippen LogP contribution is 2.29. The van der Waals surface area contributed by atoms with Crippen LogP contribution in [0.2, 0.25) is 0 Å². The monoisotopic (exact) mass is 539 g/mol. The summed E-state index contributed by atoms with van der Waals surface area (Å²) in [6.07, 6.45) is 6.09. The van der Waals surface area contributed by atoms with Crippen LogP contribution >= 0.6 is 0 Å². The molecule has 1 saturated carbocycles. The number of fused-ring (bicyclic) bond motifs is 1. The van der Waals surface area contributed by atoms with Gasteiger partial charge in [-0.3, -0.25) is 13.9 Å². The molecular weight excluding hydrogens is 505 g/mol. The van der Waals surface area contributed by atoms with E-state index >= 15 is 0 Å². The average molecular weight is 540 g/mol. The van der Waals surface area contributed by atoms with Crippen molar-refractivity contribution in [3.05, 3.63) is 78.1 Å². The number of carbonyl (C=O) groups is 2. The number of rotatable bonds is 9. The fraction of sp³-hybridized carbons (Fsp3) is 0.379. The van der Waals surface area contributed by atoms with Gasteiger partial charge in [-0.15, -0.1) is 0 Å². The number of sulfonamides is 1. The predicted molar refractivity (Wildman–Crippen MR) is 148 cm³/mol. The summed E-state index contributed by atoms with van der Waals surface area (Å²) in [6.45, 7) is 1.20. The van der Waals surface area contributed by atoms with E-state index in [0.717, 1.165) is 48.1 Å². The topological polar surface area (TPSA) is 86.8 Å². The molecule has 0 unspecified atom stereocenters. The average Bonchev–Trinajstić information content (AvgIpc) is 2.90. The Morgan fingerprint density at radius 2 is 1.63 bits per heavy atom. The molecule has 0 aliphatic heterocycles. The van der Waals surface area contributed by atoms with Gasteiger partial charge in [-0.25, -0.2) is 12.8 Å². The quantitative estimate of drug-likeness (QED) is 0.430. The number of halogens is 1. The summed E-state index contributed by atoms with van der Waals surface area (Å²) >= 11 is 0. The highest BCUT2D eigenvalue weighted by Gasteiger charge is 2.31. The Balaban J connectivity index is 1.64. The molecule has 1 aliphatic carbocycles. The van der Waals surface area contributed by atoms with E-state index in [-0.39, 0.29) is 18.5 Å². The molecule has 0 bridgehead atoms. The van der Waals surface area contributed by atoms with Gasteiger partial charge in [0.25, 0.3) is 0 Å². The molecule has 38 heavy (non-hydrogen) atoms. The van der Waals surface area contributed by atoms with E-state index < -0.39 is 34.3 Å². The number of nitrogens with one attached hydrogen (secondary N) is 1. The van der Waals surface area contributed by atoms with E-state index in [1.165, 1.54) is 17.0 Å². The zero-order chi connectivity index (χ0) is 27.3. The number of nitrogens with zero attached hydrogens (tertiary/aromatic N) is 2. The normalized spacial score (nSPS) is 15.1. The molecule has 4 rings (SSSR count). The van der Waals surface area contributed by atoms with Crippen LogP contribution in [-0.2, 0) is 26.2 Å². The number of anilines is 1. The van der Waals surface area contributed by atoms with Crippen LogP contribution in [-0.4, -0.2) is 50.0 Å². The van der Waals surface area contributed by atoms with E-state index in [9.17, 15) is 22.4 Å². The Morgan fingerprint density at radius 1 is 0.974 bits per heavy atom. The van der Waals surface area contributed by atoms with Gasteiger partial charge in [0.15, 0.2) is 0 Å². The van der Waals surface area contributed by atoms with E-state index in [0.29, 0.717) is 16.6 Å². The van der Waals surface area contributed by atoms with Crippen LogP contribution < -0.4 is 9.62 Å². The highest BCUT2D eigenvalue weighted by atomic mass is 32.2. The summed E-state index contributed by atoms with van der Waals surface area (Å²) < 4.78 is 40.5. The summed E-state index contributed by atoms with van der Waals surface area (Å²) in [5, 5.41) is 4.60. The van der Waals surface area contributed by atoms with Gasteiger partial charge in [0.2, 0.25) is 21.8 Å². The van der Waals surface area contributed by atoms with Crippen molar-refractivity contribution in [1.29, 1.82) is 0 Å². The van der Waals surface area contributed by atoms with Crippen LogP contribution in [0.15, 0.2) is 66.7 Å². The van der Waals surface area contributed by atoms with Gasteiger partial charge in [-0.2, -0.15) is 0 Å². The molecule has 1 aliphatic rings. The summed E-state index contributed by atoms with van der Waals surface area (Å²) in [7, 11) is -3.85. The molecule has 0 radical (unpaired) electrons. The Labute approximate surface area is 223 Å². The lowest BCUT2D eigenvalue weighted by molar-refractivity contribution is -0.139. The van der Waals surface area contributed by atoms with Crippen molar-refractivity contribution in [1.82, 2.24) is 10.2 Å². The maximum absolute atomic E-state index is 13.8. The summed E-state index contributed by atoms with van der Waals surface area (Å²) in [4.78, 5) is 28.4. The SMILES string of the molecule is C[C@H](C(=O)NC1CCCCC1)N(Cc1ccc(F)cc1)C(=O)CN(c1cccc2ccccc12)S(C)(=O)=O. The predicted octanol–water partition coefficient (Wildman–Crippen LogP) is 4.61. The van der Waals surface area contributed by atoms with E-state index in [1.54, 1.807) is 31.2 Å². The van der Waals surface area contributed by atoms with Crippen molar-refractivity contribution in [3.8, 4) is 0 Å². The third-order valence-electron chi connectivity index (χ3n) is 7.10. The van der Waals surface area contributed by atoms with Crippen LogP contribution in [0.1, 0.15) is 44.6 Å². The van der Waals surface area contributed by atoms with Crippen LogP contribution in [0.25, 0.3) is 10.8 Å². The second kappa shape index (κ2) is 11.9. The van der Waals surface area contributed by atoms with E-state index in [2.05, 4.69) is 5.32 Å². The molecule has 3 aromatic carbocycles. The third-order valence-corrected chi connectivity index (χ3v) is 8.23. The lowest BCUT2D eigenvalue weighted by Gasteiger charge is -2.33. The first-order valence-electron chi connectivity index (χ1n) is 12.9. The fourth-order valence-electron chi connectivity index (χ4n) is 4.96. The molecule has 1 fully saturated rings. The standard InChI is InChI=1S/C29H34FN3O4S/c1-21(29(35)31-25-11-4-3-5-12-25)32(19-22-15-17-24(30)18-16-22)28(34)20-33(38(2,36)37)27-14-8-10-23-9-6-7-13-26(23)27/h6-10,13-18,21,25H,3-5,11-12,19-20H2,1-2H3,(H,31,35)/t21-/m1/s1. The zero-order valence-electron chi connectivity index (χ0n) is 21.8. The van der Waals surface area contributed by atoms with Gasteiger partial charge in [-0.1, -0.05) is 67.8 Å². The smallest absolute Gasteiger partial charge is 0.244 e. The fourth-order valence-corrected chi connectivity index (χ4v) is 5.82. The first-order chi connectivity index (χ1) is 18.1. The van der Waals surface area contributed by atoms with E-state index in [1.807, 2.05) is 30.3 Å². The molecular formula is C29H34FN3O4S. The first-order valence-corrected chi connectivity index (χ1v) is 14.8. The van der Waals surface area contributed by atoms with Crippen LogP contribution in [0.5, 0.6) is 0 Å². The summed E-state index contributed by atoms with van der Waals surface area (Å²) in [5.74, 6) is -1.23. The largest absolute Gasteiger partial charge is 0.352 e. The Morgan fingerprint density at radius 3 is 2.32 bits per heavy atom. The third kappa shape index (κ3) is 6.69. The second-order valence-electron chi connectivity index (χ2n) is 9.94. The molecule has 9 heteroatoms. The van der Waals surface area contributed by atoms with Crippen molar-refractivity contribution in [3.63, 3.8) is 0 Å². The molecule has 0 aromatic heterocycles. The Hall–Kier alpha value is -3.46. The van der Waals surface area contributed by atoms with Crippen LogP contribution in [0, 0.1) is 5.82 Å². The second-order valence-corrected chi connectivity index (χ2v) is 11.8. The van der Waals surface area contributed by atoms with Crippen LogP contribution in [0.3, 0.4) is 0 Å². The zero-order valence-corrected chi connectivity index (χ0v) is 22.6. The lowest BCUT2D eigenvalue weighted by Crippen LogP contribution is -2.53. The summed E-state index contributed by atoms with van der Waals surface area (Å²) in [6, 6.07) is 17.5. The van der Waals surface area contributed by atoms with E-state index in [4.69, 9.17) is 0 Å². The summed E-state index contributed by atoms with van der Waals surface area (Å²) in [5.41, 5.74) is 1.02. The van der Waals surface area contributed by atoms with Gasteiger partial charge in [0.05, 0.1) is 11.9 Å². The molecule has 0 heterocycles. The van der Waals surface area contributed by atoms with Crippen molar-refractivity contribution in [2.45, 2.75) is 57.7 Å². The highest BCUT2D eigenvalue weighted by molar-refractivity contribution is 7.92. The van der Waals surface area contributed by atoms with Gasteiger partial charge < -0.3 is 10.2 Å². The maximum Gasteiger partial charge on any atom is 0.244 e. The van der Waals surface area contributed by atoms with Crippen molar-refractivity contribution >= 4 is 38.3 Å². The minimum Gasteiger partial charge on any atom is -0.352 e. The molecule has 7 nitrogen and oxygen atoms in total. The van der Waals surface area contributed by atoms with Gasteiger partial charge in [-0.05, 0) is 48.9 Å². The van der Waals surface area contributed by atoms with Crippen molar-refractivity contribution < 1.29 is 22.4 Å². The molecule has 202 valence electrons. The maximum atomic E-state index is 13.8. The number of amides is 2. The first kappa shape index (κ1) is 27.6. The van der Waals surface area contributed by atoms with Crippen LogP contribution in [0.4, 0.5) is 10.1 Å². The molecule has 2 amide bonds. The molecule has 1 N–H and O–H groups in total. The molecule has 0 spiro atoms. The van der Waals surface area contributed by atoms with Gasteiger partial charge >= 0.3 is 0 Å². The molecule has 0 saturated heterocycles. The number of benzene rings is 3. The number of hydrogen-bond acceptors (Lipinski definition) is 4. The molecule has 1 atom stereocenters. The minimum atomic E-state index is -3.85. The Kier molecular flexibility index (Phi) is 8.66. The van der Waals surface area contributed by atoms with Crippen molar-refractivity contribution in [2.24, 2.45) is 0 Å². The van der Waals surface area contributed by atoms with Gasteiger partial charge in [0, 0.05) is 18.0 Å². The Bertz CT molecular complexity index is 1380. The minimum absolute atomic E-state index is 0.0332. The molecule has 3 aromatic rings. The lowest BCUT2D eigenvalue weighted by atomic mass is 9.95. The number of carbonyl (C=O) groups excluding carboxylic acids is 2. The van der Waals surface area contributed by atoms with Crippen molar-refractivity contribution in [2.75, 3.05) is 17.1 Å². The van der Waals surface area contributed by atoms with Gasteiger partial charge in [0.1, 0.15) is 18.4 Å².